The van der Waals surface area contributed by atoms with Gasteiger partial charge in [0.2, 0.25) is 0 Å². The highest BCUT2D eigenvalue weighted by Gasteiger charge is 2.19. The highest BCUT2D eigenvalue weighted by atomic mass is 16.5. The first-order valence-electron chi connectivity index (χ1n) is 9.83. The van der Waals surface area contributed by atoms with E-state index in [2.05, 4.69) is 32.0 Å². The molecular formula is C21H29N5O2. The number of hydrogen-bond acceptors (Lipinski definition) is 6. The quantitative estimate of drug-likeness (QED) is 0.788. The largest absolute Gasteiger partial charge is 0.497 e. The van der Waals surface area contributed by atoms with Crippen LogP contribution < -0.4 is 15.0 Å². The smallest absolute Gasteiger partial charge is 0.270 e. The zero-order valence-corrected chi connectivity index (χ0v) is 16.9. The lowest BCUT2D eigenvalue weighted by Crippen LogP contribution is -2.46. The molecule has 0 saturated carbocycles. The molecule has 1 aliphatic heterocycles. The number of amides is 1. The van der Waals surface area contributed by atoms with Gasteiger partial charge in [-0.15, -0.1) is 0 Å². The predicted octanol–water partition coefficient (Wildman–Crippen LogP) is 1.91. The number of carbonyl (C=O) groups is 1. The van der Waals surface area contributed by atoms with Crippen molar-refractivity contribution in [2.45, 2.75) is 20.3 Å². The van der Waals surface area contributed by atoms with Gasteiger partial charge in [-0.3, -0.25) is 4.79 Å². The third-order valence-electron chi connectivity index (χ3n) is 5.06. The molecule has 0 aliphatic carbocycles. The predicted molar refractivity (Wildman–Crippen MR) is 110 cm³/mol. The monoisotopic (exact) mass is 383 g/mol. The van der Waals surface area contributed by atoms with Crippen LogP contribution in [-0.4, -0.2) is 67.2 Å². The van der Waals surface area contributed by atoms with Crippen LogP contribution in [0.3, 0.4) is 0 Å². The Balaban J connectivity index is 1.57. The highest BCUT2D eigenvalue weighted by molar-refractivity contribution is 5.93. The minimum absolute atomic E-state index is 0.160. The molecule has 2 aromatic rings. The molecule has 7 nitrogen and oxygen atoms in total. The Kier molecular flexibility index (Phi) is 6.81. The van der Waals surface area contributed by atoms with E-state index in [0.29, 0.717) is 18.1 Å². The van der Waals surface area contributed by atoms with Crippen molar-refractivity contribution in [1.82, 2.24) is 20.2 Å². The van der Waals surface area contributed by atoms with Gasteiger partial charge < -0.3 is 19.9 Å². The van der Waals surface area contributed by atoms with E-state index in [4.69, 9.17) is 4.74 Å². The van der Waals surface area contributed by atoms with E-state index in [9.17, 15) is 4.79 Å². The van der Waals surface area contributed by atoms with Gasteiger partial charge in [0.05, 0.1) is 7.11 Å². The summed E-state index contributed by atoms with van der Waals surface area (Å²) in [6, 6.07) is 9.67. The SMILES string of the molecule is CCN1CCN(c2cc(C(=O)NCCc3ccc(OC)cc3)nc(C)n2)CC1. The Bertz CT molecular complexity index is 786. The molecule has 1 aliphatic rings. The molecule has 1 amide bonds. The number of rotatable bonds is 7. The lowest BCUT2D eigenvalue weighted by molar-refractivity contribution is 0.0948. The van der Waals surface area contributed by atoms with Crippen molar-refractivity contribution < 1.29 is 9.53 Å². The maximum absolute atomic E-state index is 12.6. The lowest BCUT2D eigenvalue weighted by atomic mass is 10.1. The van der Waals surface area contributed by atoms with E-state index in [0.717, 1.165) is 56.3 Å². The van der Waals surface area contributed by atoms with E-state index >= 15 is 0 Å². The standard InChI is InChI=1S/C21H29N5O2/c1-4-25-11-13-26(14-12-25)20-15-19(23-16(2)24-20)21(27)22-10-9-17-5-7-18(28-3)8-6-17/h5-8,15H,4,9-14H2,1-3H3,(H,22,27). The Morgan fingerprint density at radius 1 is 1.14 bits per heavy atom. The van der Waals surface area contributed by atoms with Crippen LogP contribution in [0.2, 0.25) is 0 Å². The number of aromatic nitrogens is 2. The first kappa shape index (κ1) is 20.1. The summed E-state index contributed by atoms with van der Waals surface area (Å²) in [5, 5.41) is 2.96. The van der Waals surface area contributed by atoms with Gasteiger partial charge in [-0.25, -0.2) is 9.97 Å². The molecule has 0 spiro atoms. The summed E-state index contributed by atoms with van der Waals surface area (Å²) in [7, 11) is 1.65. The summed E-state index contributed by atoms with van der Waals surface area (Å²) in [6.45, 7) is 9.51. The van der Waals surface area contributed by atoms with Crippen LogP contribution in [0.5, 0.6) is 5.75 Å². The van der Waals surface area contributed by atoms with Crippen molar-refractivity contribution in [3.63, 3.8) is 0 Å². The summed E-state index contributed by atoms with van der Waals surface area (Å²) in [5.74, 6) is 2.13. The number of ether oxygens (including phenoxy) is 1. The molecular weight excluding hydrogens is 354 g/mol. The van der Waals surface area contributed by atoms with Gasteiger partial charge in [0.25, 0.3) is 5.91 Å². The second kappa shape index (κ2) is 9.50. The van der Waals surface area contributed by atoms with Crippen molar-refractivity contribution in [2.24, 2.45) is 0 Å². The van der Waals surface area contributed by atoms with Gasteiger partial charge in [0, 0.05) is 38.8 Å². The van der Waals surface area contributed by atoms with Crippen LogP contribution in [0, 0.1) is 6.92 Å². The molecule has 28 heavy (non-hydrogen) atoms. The summed E-state index contributed by atoms with van der Waals surface area (Å²) >= 11 is 0. The summed E-state index contributed by atoms with van der Waals surface area (Å²) in [5.41, 5.74) is 1.57. The topological polar surface area (TPSA) is 70.6 Å². The number of aryl methyl sites for hydroxylation is 1. The molecule has 2 heterocycles. The van der Waals surface area contributed by atoms with Gasteiger partial charge in [0.15, 0.2) is 0 Å². The fourth-order valence-electron chi connectivity index (χ4n) is 3.33. The molecule has 1 N–H and O–H groups in total. The van der Waals surface area contributed by atoms with Crippen LogP contribution >= 0.6 is 0 Å². The number of carbonyl (C=O) groups excluding carboxylic acids is 1. The lowest BCUT2D eigenvalue weighted by Gasteiger charge is -2.34. The average molecular weight is 383 g/mol. The Labute approximate surface area is 166 Å². The van der Waals surface area contributed by atoms with E-state index in [1.54, 1.807) is 13.2 Å². The molecule has 0 unspecified atom stereocenters. The van der Waals surface area contributed by atoms with E-state index in [1.165, 1.54) is 0 Å². The normalized spacial score (nSPS) is 14.8. The molecule has 1 aromatic carbocycles. The van der Waals surface area contributed by atoms with Crippen molar-refractivity contribution >= 4 is 11.7 Å². The molecule has 1 aromatic heterocycles. The van der Waals surface area contributed by atoms with Crippen LogP contribution in [0.4, 0.5) is 5.82 Å². The molecule has 3 rings (SSSR count). The number of piperazine rings is 1. The zero-order valence-electron chi connectivity index (χ0n) is 16.9. The maximum atomic E-state index is 12.6. The number of nitrogens with one attached hydrogen (secondary N) is 1. The summed E-state index contributed by atoms with van der Waals surface area (Å²) in [4.78, 5) is 26.1. The minimum atomic E-state index is -0.160. The summed E-state index contributed by atoms with van der Waals surface area (Å²) in [6.07, 6.45) is 0.756. The average Bonchev–Trinajstić information content (AvgIpc) is 2.73. The van der Waals surface area contributed by atoms with Crippen LogP contribution in [-0.2, 0) is 6.42 Å². The van der Waals surface area contributed by atoms with Crippen LogP contribution in [0.25, 0.3) is 0 Å². The zero-order chi connectivity index (χ0) is 19.9. The van der Waals surface area contributed by atoms with Gasteiger partial charge in [0.1, 0.15) is 23.1 Å². The third-order valence-corrected chi connectivity index (χ3v) is 5.06. The fraction of sp³-hybridized carbons (Fsp3) is 0.476. The van der Waals surface area contributed by atoms with Gasteiger partial charge in [-0.2, -0.15) is 0 Å². The van der Waals surface area contributed by atoms with Crippen LogP contribution in [0.15, 0.2) is 30.3 Å². The number of benzene rings is 1. The van der Waals surface area contributed by atoms with Crippen LogP contribution in [0.1, 0.15) is 28.8 Å². The molecule has 0 atom stereocenters. The Morgan fingerprint density at radius 3 is 2.50 bits per heavy atom. The number of nitrogens with zero attached hydrogens (tertiary/aromatic N) is 4. The number of likely N-dealkylation sites (N-methyl/N-ethyl adjacent to an activating group) is 1. The first-order chi connectivity index (χ1) is 13.6. The van der Waals surface area contributed by atoms with Gasteiger partial charge >= 0.3 is 0 Å². The van der Waals surface area contributed by atoms with Gasteiger partial charge in [-0.1, -0.05) is 19.1 Å². The number of methoxy groups -OCH3 is 1. The van der Waals surface area contributed by atoms with Crippen molar-refractivity contribution in [3.8, 4) is 5.75 Å². The molecule has 7 heteroatoms. The van der Waals surface area contributed by atoms with Crippen molar-refractivity contribution in [1.29, 1.82) is 0 Å². The van der Waals surface area contributed by atoms with Gasteiger partial charge in [-0.05, 0) is 37.6 Å². The first-order valence-corrected chi connectivity index (χ1v) is 9.83. The maximum Gasteiger partial charge on any atom is 0.270 e. The highest BCUT2D eigenvalue weighted by Crippen LogP contribution is 2.15. The van der Waals surface area contributed by atoms with Crippen molar-refractivity contribution in [2.75, 3.05) is 51.3 Å². The Hall–Kier alpha value is -2.67. The number of anilines is 1. The fourth-order valence-corrected chi connectivity index (χ4v) is 3.33. The second-order valence-corrected chi connectivity index (χ2v) is 6.93. The number of hydrogen-bond donors (Lipinski definition) is 1. The minimum Gasteiger partial charge on any atom is -0.497 e. The molecule has 150 valence electrons. The summed E-state index contributed by atoms with van der Waals surface area (Å²) < 4.78 is 5.16. The second-order valence-electron chi connectivity index (χ2n) is 6.93. The van der Waals surface area contributed by atoms with E-state index in [1.807, 2.05) is 31.2 Å². The molecule has 0 radical (unpaired) electrons. The van der Waals surface area contributed by atoms with E-state index < -0.39 is 0 Å². The van der Waals surface area contributed by atoms with E-state index in [-0.39, 0.29) is 5.91 Å². The van der Waals surface area contributed by atoms with Crippen molar-refractivity contribution in [3.05, 3.63) is 47.4 Å². The molecule has 0 bridgehead atoms. The Morgan fingerprint density at radius 2 is 1.86 bits per heavy atom. The molecule has 1 saturated heterocycles. The molecule has 1 fully saturated rings. The third kappa shape index (κ3) is 5.19.